The average Bonchev–Trinajstić information content (AvgIpc) is 2.46. The van der Waals surface area contributed by atoms with E-state index in [0.717, 1.165) is 31.6 Å². The van der Waals surface area contributed by atoms with Gasteiger partial charge in [0.25, 0.3) is 0 Å². The summed E-state index contributed by atoms with van der Waals surface area (Å²) in [6.07, 6.45) is 15.3. The van der Waals surface area contributed by atoms with Crippen molar-refractivity contribution >= 4 is 5.78 Å². The van der Waals surface area contributed by atoms with E-state index in [2.05, 4.69) is 0 Å². The number of ketones is 1. The summed E-state index contributed by atoms with van der Waals surface area (Å²) in [6.45, 7) is 0. The van der Waals surface area contributed by atoms with E-state index in [1.165, 1.54) is 51.4 Å². The molecule has 0 N–H and O–H groups in total. The van der Waals surface area contributed by atoms with Crippen LogP contribution in [0.1, 0.15) is 77.0 Å². The number of unbranched alkanes of at least 4 members (excludes halogenated alkanes) is 1. The molecule has 0 saturated heterocycles. The molecule has 2 aliphatic carbocycles. The smallest absolute Gasteiger partial charge is 0.135 e. The minimum absolute atomic E-state index is 0.415. The second-order valence-electron chi connectivity index (χ2n) is 6.57. The number of ether oxygens (including phenoxy) is 1. The lowest BCUT2D eigenvalue weighted by Gasteiger charge is -2.27. The molecular weight excluding hydrogens is 236 g/mol. The Labute approximate surface area is 118 Å². The van der Waals surface area contributed by atoms with Gasteiger partial charge in [0.1, 0.15) is 5.78 Å². The average molecular weight is 266 g/mol. The van der Waals surface area contributed by atoms with Gasteiger partial charge in [0, 0.05) is 19.4 Å². The number of rotatable bonds is 6. The van der Waals surface area contributed by atoms with Crippen LogP contribution in [0.15, 0.2) is 0 Å². The highest BCUT2D eigenvalue weighted by Crippen LogP contribution is 2.31. The molecule has 19 heavy (non-hydrogen) atoms. The van der Waals surface area contributed by atoms with Crippen LogP contribution in [-0.4, -0.2) is 19.0 Å². The third-order valence-corrected chi connectivity index (χ3v) is 5.22. The van der Waals surface area contributed by atoms with Crippen molar-refractivity contribution in [2.45, 2.75) is 83.2 Å². The predicted molar refractivity (Wildman–Crippen MR) is 78.2 cm³/mol. The molecule has 2 rings (SSSR count). The van der Waals surface area contributed by atoms with E-state index in [4.69, 9.17) is 4.74 Å². The van der Waals surface area contributed by atoms with Crippen molar-refractivity contribution in [3.05, 3.63) is 0 Å². The van der Waals surface area contributed by atoms with Gasteiger partial charge in [-0.1, -0.05) is 25.7 Å². The summed E-state index contributed by atoms with van der Waals surface area (Å²) in [7, 11) is 1.84. The van der Waals surface area contributed by atoms with Gasteiger partial charge in [0.05, 0.1) is 6.10 Å². The summed E-state index contributed by atoms with van der Waals surface area (Å²) in [6, 6.07) is 0. The maximum Gasteiger partial charge on any atom is 0.135 e. The molecule has 0 spiro atoms. The van der Waals surface area contributed by atoms with Crippen molar-refractivity contribution in [1.82, 2.24) is 0 Å². The molecule has 2 nitrogen and oxygen atoms in total. The van der Waals surface area contributed by atoms with Crippen LogP contribution >= 0.6 is 0 Å². The fourth-order valence-electron chi connectivity index (χ4n) is 3.84. The molecule has 1 unspecified atom stereocenters. The molecule has 0 heterocycles. The first-order valence-corrected chi connectivity index (χ1v) is 8.35. The van der Waals surface area contributed by atoms with Gasteiger partial charge in [-0.2, -0.15) is 0 Å². The lowest BCUT2D eigenvalue weighted by molar-refractivity contribution is -0.124. The van der Waals surface area contributed by atoms with Crippen LogP contribution in [0.25, 0.3) is 0 Å². The summed E-state index contributed by atoms with van der Waals surface area (Å²) < 4.78 is 5.42. The molecule has 2 heteroatoms. The van der Waals surface area contributed by atoms with E-state index < -0.39 is 0 Å². The van der Waals surface area contributed by atoms with Crippen molar-refractivity contribution in [2.24, 2.45) is 11.8 Å². The summed E-state index contributed by atoms with van der Waals surface area (Å²) >= 11 is 0. The zero-order valence-corrected chi connectivity index (χ0v) is 12.5. The van der Waals surface area contributed by atoms with Crippen molar-refractivity contribution in [1.29, 1.82) is 0 Å². The summed E-state index contributed by atoms with van der Waals surface area (Å²) in [5.74, 6) is 1.89. The fraction of sp³-hybridized carbons (Fsp3) is 0.941. The Bertz CT molecular complexity index is 266. The number of carbonyl (C=O) groups is 1. The second-order valence-corrected chi connectivity index (χ2v) is 6.57. The standard InChI is InChI=1S/C17H30O2/c1-19-16-12-10-14(11-13-16)6-2-3-7-15-8-4-5-9-17(15)18/h14-16H,2-13H2,1H3/t14-,15?,16-. The first kappa shape index (κ1) is 15.0. The van der Waals surface area contributed by atoms with E-state index in [0.29, 0.717) is 17.8 Å². The molecular formula is C17H30O2. The molecule has 0 aliphatic heterocycles. The zero-order valence-electron chi connectivity index (χ0n) is 12.5. The molecule has 0 bridgehead atoms. The number of hydrogen-bond donors (Lipinski definition) is 0. The van der Waals surface area contributed by atoms with Crippen molar-refractivity contribution in [3.63, 3.8) is 0 Å². The van der Waals surface area contributed by atoms with Crippen molar-refractivity contribution < 1.29 is 9.53 Å². The highest BCUT2D eigenvalue weighted by molar-refractivity contribution is 5.81. The third-order valence-electron chi connectivity index (χ3n) is 5.22. The topological polar surface area (TPSA) is 26.3 Å². The van der Waals surface area contributed by atoms with Gasteiger partial charge in [-0.15, -0.1) is 0 Å². The van der Waals surface area contributed by atoms with E-state index in [1.54, 1.807) is 0 Å². The van der Waals surface area contributed by atoms with Crippen LogP contribution in [0.5, 0.6) is 0 Å². The van der Waals surface area contributed by atoms with Crippen molar-refractivity contribution in [3.8, 4) is 0 Å². The summed E-state index contributed by atoms with van der Waals surface area (Å²) in [5.41, 5.74) is 0. The van der Waals surface area contributed by atoms with Crippen LogP contribution < -0.4 is 0 Å². The first-order valence-electron chi connectivity index (χ1n) is 8.35. The van der Waals surface area contributed by atoms with Crippen LogP contribution in [0.4, 0.5) is 0 Å². The molecule has 0 aromatic carbocycles. The SMILES string of the molecule is CO[C@H]1CC[C@H](CCCCC2CCCCC2=O)CC1. The van der Waals surface area contributed by atoms with Gasteiger partial charge in [-0.05, 0) is 50.9 Å². The largest absolute Gasteiger partial charge is 0.381 e. The van der Waals surface area contributed by atoms with Crippen molar-refractivity contribution in [2.75, 3.05) is 7.11 Å². The number of carbonyl (C=O) groups excluding carboxylic acids is 1. The molecule has 2 saturated carbocycles. The van der Waals surface area contributed by atoms with Gasteiger partial charge in [-0.25, -0.2) is 0 Å². The summed E-state index contributed by atoms with van der Waals surface area (Å²) in [4.78, 5) is 11.7. The molecule has 2 fully saturated rings. The Morgan fingerprint density at radius 1 is 1.00 bits per heavy atom. The maximum absolute atomic E-state index is 11.7. The molecule has 0 aromatic heterocycles. The van der Waals surface area contributed by atoms with Crippen LogP contribution in [-0.2, 0) is 9.53 Å². The minimum Gasteiger partial charge on any atom is -0.381 e. The molecule has 1 atom stereocenters. The van der Waals surface area contributed by atoms with Gasteiger partial charge in [0.15, 0.2) is 0 Å². The van der Waals surface area contributed by atoms with Crippen LogP contribution in [0.3, 0.4) is 0 Å². The minimum atomic E-state index is 0.415. The Balaban J connectivity index is 1.53. The van der Waals surface area contributed by atoms with Gasteiger partial charge in [-0.3, -0.25) is 4.79 Å². The molecule has 110 valence electrons. The quantitative estimate of drug-likeness (QED) is 0.661. The van der Waals surface area contributed by atoms with E-state index in [9.17, 15) is 4.79 Å². The molecule has 0 amide bonds. The fourth-order valence-corrected chi connectivity index (χ4v) is 3.84. The van der Waals surface area contributed by atoms with Gasteiger partial charge >= 0.3 is 0 Å². The van der Waals surface area contributed by atoms with E-state index >= 15 is 0 Å². The first-order chi connectivity index (χ1) is 9.29. The van der Waals surface area contributed by atoms with Gasteiger partial charge < -0.3 is 4.74 Å². The van der Waals surface area contributed by atoms with Crippen LogP contribution in [0.2, 0.25) is 0 Å². The number of hydrogen-bond acceptors (Lipinski definition) is 2. The van der Waals surface area contributed by atoms with E-state index in [1.807, 2.05) is 7.11 Å². The van der Waals surface area contributed by atoms with Gasteiger partial charge in [0.2, 0.25) is 0 Å². The van der Waals surface area contributed by atoms with E-state index in [-0.39, 0.29) is 0 Å². The second kappa shape index (κ2) is 8.04. The zero-order chi connectivity index (χ0) is 13.5. The Kier molecular flexibility index (Phi) is 6.36. The Hall–Kier alpha value is -0.370. The maximum atomic E-state index is 11.7. The monoisotopic (exact) mass is 266 g/mol. The Morgan fingerprint density at radius 3 is 2.42 bits per heavy atom. The normalized spacial score (nSPS) is 32.5. The highest BCUT2D eigenvalue weighted by atomic mass is 16.5. The molecule has 0 aromatic rings. The Morgan fingerprint density at radius 2 is 1.74 bits per heavy atom. The molecule has 0 radical (unpaired) electrons. The number of Topliss-reactive ketones (excluding diaryl/α,β-unsaturated/α-hetero) is 1. The summed E-state index contributed by atoms with van der Waals surface area (Å²) in [5, 5.41) is 0. The predicted octanol–water partition coefficient (Wildman–Crippen LogP) is 4.51. The highest BCUT2D eigenvalue weighted by Gasteiger charge is 2.22. The molecule has 2 aliphatic rings. The third kappa shape index (κ3) is 4.91. The lowest BCUT2D eigenvalue weighted by atomic mass is 9.82. The number of methoxy groups -OCH3 is 1. The lowest BCUT2D eigenvalue weighted by Crippen LogP contribution is -2.20. The van der Waals surface area contributed by atoms with Crippen LogP contribution in [0, 0.1) is 11.8 Å².